The van der Waals surface area contributed by atoms with Gasteiger partial charge in [0.25, 0.3) is 0 Å². The first-order valence-corrected chi connectivity index (χ1v) is 9.13. The van der Waals surface area contributed by atoms with Crippen LogP contribution in [0.4, 0.5) is 0 Å². The van der Waals surface area contributed by atoms with Crippen LogP contribution in [-0.4, -0.2) is 41.9 Å². The molecule has 0 saturated carbocycles. The Morgan fingerprint density at radius 1 is 1.14 bits per heavy atom. The molecule has 1 aliphatic rings. The van der Waals surface area contributed by atoms with Crippen molar-refractivity contribution in [3.05, 3.63) is 35.9 Å². The van der Waals surface area contributed by atoms with Gasteiger partial charge in [0.15, 0.2) is 0 Å². The van der Waals surface area contributed by atoms with E-state index in [-0.39, 0.29) is 25.9 Å². The third-order valence-corrected chi connectivity index (χ3v) is 4.35. The van der Waals surface area contributed by atoms with Crippen molar-refractivity contribution >= 4 is 23.8 Å². The number of rotatable bonds is 9. The standard InChI is InChI=1S/C19H25N3O6/c20-13(17(24)22-15-9-10-16(23)28-19(15)26)7-4-8-14(21)18(25)27-11-12-5-2-1-3-6-12/h1-3,5-6,13-15H,4,7-11,20-21H2,(H,22,24)/t13-,14?,15+/m0/s1. The molecule has 1 aliphatic heterocycles. The van der Waals surface area contributed by atoms with Gasteiger partial charge in [0.2, 0.25) is 5.91 Å². The predicted octanol–water partition coefficient (Wildman–Crippen LogP) is -0.0969. The van der Waals surface area contributed by atoms with Crippen LogP contribution in [0, 0.1) is 0 Å². The number of carbonyl (C=O) groups excluding carboxylic acids is 4. The lowest BCUT2D eigenvalue weighted by atomic mass is 10.0. The molecule has 1 saturated heterocycles. The fourth-order valence-electron chi connectivity index (χ4n) is 2.67. The maximum absolute atomic E-state index is 12.1. The van der Waals surface area contributed by atoms with Crippen molar-refractivity contribution in [1.82, 2.24) is 5.32 Å². The average Bonchev–Trinajstić information content (AvgIpc) is 2.68. The van der Waals surface area contributed by atoms with E-state index in [0.717, 1.165) is 5.56 Å². The summed E-state index contributed by atoms with van der Waals surface area (Å²) in [7, 11) is 0. The summed E-state index contributed by atoms with van der Waals surface area (Å²) in [4.78, 5) is 46.5. The van der Waals surface area contributed by atoms with E-state index < -0.39 is 41.9 Å². The maximum atomic E-state index is 12.1. The number of nitrogens with two attached hydrogens (primary N) is 2. The average molecular weight is 391 g/mol. The molecular formula is C19H25N3O6. The number of hydrogen-bond acceptors (Lipinski definition) is 8. The third kappa shape index (κ3) is 6.75. The zero-order valence-corrected chi connectivity index (χ0v) is 15.5. The van der Waals surface area contributed by atoms with Gasteiger partial charge < -0.3 is 26.3 Å². The summed E-state index contributed by atoms with van der Waals surface area (Å²) in [6, 6.07) is 6.71. The van der Waals surface area contributed by atoms with Gasteiger partial charge >= 0.3 is 17.9 Å². The van der Waals surface area contributed by atoms with Crippen LogP contribution < -0.4 is 16.8 Å². The monoisotopic (exact) mass is 391 g/mol. The highest BCUT2D eigenvalue weighted by Gasteiger charge is 2.31. The molecule has 0 bridgehead atoms. The van der Waals surface area contributed by atoms with Gasteiger partial charge in [-0.2, -0.15) is 0 Å². The molecule has 1 aromatic carbocycles. The summed E-state index contributed by atoms with van der Waals surface area (Å²) in [5.74, 6) is -2.42. The zero-order valence-electron chi connectivity index (χ0n) is 15.5. The predicted molar refractivity (Wildman–Crippen MR) is 98.3 cm³/mol. The van der Waals surface area contributed by atoms with Gasteiger partial charge in [0, 0.05) is 6.42 Å². The first kappa shape index (κ1) is 21.5. The van der Waals surface area contributed by atoms with Gasteiger partial charge in [-0.15, -0.1) is 0 Å². The van der Waals surface area contributed by atoms with E-state index in [4.69, 9.17) is 16.2 Å². The Morgan fingerprint density at radius 2 is 1.82 bits per heavy atom. The number of benzene rings is 1. The Balaban J connectivity index is 1.65. The second-order valence-corrected chi connectivity index (χ2v) is 6.63. The number of nitrogens with one attached hydrogen (secondary N) is 1. The van der Waals surface area contributed by atoms with E-state index in [1.165, 1.54) is 0 Å². The summed E-state index contributed by atoms with van der Waals surface area (Å²) in [5.41, 5.74) is 12.5. The molecule has 5 N–H and O–H groups in total. The molecule has 1 aromatic rings. The van der Waals surface area contributed by atoms with Crippen LogP contribution in [0.5, 0.6) is 0 Å². The van der Waals surface area contributed by atoms with Gasteiger partial charge in [-0.05, 0) is 31.2 Å². The number of amides is 1. The van der Waals surface area contributed by atoms with Crippen molar-refractivity contribution in [2.45, 2.75) is 56.8 Å². The normalized spacial score (nSPS) is 18.7. The largest absolute Gasteiger partial charge is 0.460 e. The van der Waals surface area contributed by atoms with E-state index >= 15 is 0 Å². The van der Waals surface area contributed by atoms with Gasteiger partial charge in [-0.1, -0.05) is 30.3 Å². The lowest BCUT2D eigenvalue weighted by molar-refractivity contribution is -0.166. The van der Waals surface area contributed by atoms with Crippen LogP contribution in [0.3, 0.4) is 0 Å². The Hall–Kier alpha value is -2.78. The highest BCUT2D eigenvalue weighted by Crippen LogP contribution is 2.10. The Bertz CT molecular complexity index is 709. The summed E-state index contributed by atoms with van der Waals surface area (Å²) in [6.45, 7) is 0.148. The van der Waals surface area contributed by atoms with Crippen LogP contribution in [-0.2, 0) is 35.3 Å². The number of esters is 3. The van der Waals surface area contributed by atoms with Gasteiger partial charge in [-0.25, -0.2) is 4.79 Å². The minimum Gasteiger partial charge on any atom is -0.460 e. The number of cyclic esters (lactones) is 2. The zero-order chi connectivity index (χ0) is 20.5. The highest BCUT2D eigenvalue weighted by atomic mass is 16.6. The Kier molecular flexibility index (Phi) is 8.09. The topological polar surface area (TPSA) is 151 Å². The van der Waals surface area contributed by atoms with Gasteiger partial charge in [0.1, 0.15) is 18.7 Å². The second-order valence-electron chi connectivity index (χ2n) is 6.63. The van der Waals surface area contributed by atoms with Crippen LogP contribution in [0.25, 0.3) is 0 Å². The molecule has 3 atom stereocenters. The second kappa shape index (κ2) is 10.5. The van der Waals surface area contributed by atoms with Crippen LogP contribution >= 0.6 is 0 Å². The molecule has 1 amide bonds. The molecule has 152 valence electrons. The Morgan fingerprint density at radius 3 is 2.50 bits per heavy atom. The molecule has 0 spiro atoms. The van der Waals surface area contributed by atoms with E-state index in [0.29, 0.717) is 12.8 Å². The van der Waals surface area contributed by atoms with Gasteiger partial charge in [-0.3, -0.25) is 14.4 Å². The molecule has 28 heavy (non-hydrogen) atoms. The fraction of sp³-hybridized carbons (Fsp3) is 0.474. The SMILES string of the molecule is NC(CCC[C@H](N)C(=O)N[C@@H]1CCC(=O)OC1=O)C(=O)OCc1ccccc1. The van der Waals surface area contributed by atoms with Crippen LogP contribution in [0.1, 0.15) is 37.7 Å². The fourth-order valence-corrected chi connectivity index (χ4v) is 2.67. The molecule has 0 radical (unpaired) electrons. The summed E-state index contributed by atoms with van der Waals surface area (Å²) in [5, 5.41) is 2.47. The van der Waals surface area contributed by atoms with E-state index in [9.17, 15) is 19.2 Å². The van der Waals surface area contributed by atoms with Crippen molar-refractivity contribution < 1.29 is 28.7 Å². The van der Waals surface area contributed by atoms with Crippen LogP contribution in [0.15, 0.2) is 30.3 Å². The van der Waals surface area contributed by atoms with Crippen molar-refractivity contribution in [1.29, 1.82) is 0 Å². The molecule has 1 fully saturated rings. The van der Waals surface area contributed by atoms with Crippen molar-refractivity contribution in [3.63, 3.8) is 0 Å². The Labute approximate surface area is 162 Å². The minimum atomic E-state index is -0.869. The molecular weight excluding hydrogens is 366 g/mol. The molecule has 9 heteroatoms. The number of hydrogen-bond donors (Lipinski definition) is 3. The molecule has 9 nitrogen and oxygen atoms in total. The van der Waals surface area contributed by atoms with E-state index in [1.807, 2.05) is 30.3 Å². The van der Waals surface area contributed by atoms with E-state index in [1.54, 1.807) is 0 Å². The van der Waals surface area contributed by atoms with Crippen molar-refractivity contribution in [3.8, 4) is 0 Å². The lowest BCUT2D eigenvalue weighted by Gasteiger charge is -2.22. The van der Waals surface area contributed by atoms with Crippen molar-refractivity contribution in [2.75, 3.05) is 0 Å². The first-order chi connectivity index (χ1) is 13.4. The van der Waals surface area contributed by atoms with E-state index in [2.05, 4.69) is 10.1 Å². The molecule has 1 unspecified atom stereocenters. The summed E-state index contributed by atoms with van der Waals surface area (Å²) < 4.78 is 9.63. The summed E-state index contributed by atoms with van der Waals surface area (Å²) >= 11 is 0. The maximum Gasteiger partial charge on any atom is 0.336 e. The quantitative estimate of drug-likeness (QED) is 0.390. The molecule has 0 aliphatic carbocycles. The molecule has 1 heterocycles. The summed E-state index contributed by atoms with van der Waals surface area (Å²) in [6.07, 6.45) is 1.28. The smallest absolute Gasteiger partial charge is 0.336 e. The van der Waals surface area contributed by atoms with Gasteiger partial charge in [0.05, 0.1) is 6.04 Å². The number of ether oxygens (including phenoxy) is 2. The van der Waals surface area contributed by atoms with Crippen molar-refractivity contribution in [2.24, 2.45) is 11.5 Å². The highest BCUT2D eigenvalue weighted by molar-refractivity contribution is 5.94. The molecule has 0 aromatic heterocycles. The third-order valence-electron chi connectivity index (χ3n) is 4.35. The lowest BCUT2D eigenvalue weighted by Crippen LogP contribution is -2.51. The number of carbonyl (C=O) groups is 4. The van der Waals surface area contributed by atoms with Crippen LogP contribution in [0.2, 0.25) is 0 Å². The first-order valence-electron chi connectivity index (χ1n) is 9.13. The molecule has 2 rings (SSSR count). The minimum absolute atomic E-state index is 0.0614.